The number of carbonyl (C=O) groups is 1. The molecule has 0 unspecified atom stereocenters. The summed E-state index contributed by atoms with van der Waals surface area (Å²) in [6.45, 7) is 3.36. The van der Waals surface area contributed by atoms with Crippen molar-refractivity contribution >= 4 is 40.2 Å². The van der Waals surface area contributed by atoms with Crippen molar-refractivity contribution in [3.05, 3.63) is 42.2 Å². The van der Waals surface area contributed by atoms with E-state index in [-0.39, 0.29) is 11.9 Å². The molecule has 5 rings (SSSR count). The lowest BCUT2D eigenvalue weighted by Crippen LogP contribution is -2.60. The number of aryl methyl sites for hydroxylation is 1. The first kappa shape index (κ1) is 17.9. The average molecular weight is 409 g/mol. The lowest BCUT2D eigenvalue weighted by molar-refractivity contribution is -0.129. The summed E-state index contributed by atoms with van der Waals surface area (Å²) in [4.78, 5) is 20.9. The van der Waals surface area contributed by atoms with Crippen LogP contribution in [-0.2, 0) is 4.79 Å². The zero-order valence-corrected chi connectivity index (χ0v) is 16.8. The maximum absolute atomic E-state index is 12.6. The van der Waals surface area contributed by atoms with E-state index < -0.39 is 0 Å². The van der Waals surface area contributed by atoms with Crippen LogP contribution in [-0.4, -0.2) is 67.5 Å². The van der Waals surface area contributed by atoms with Gasteiger partial charge in [0.1, 0.15) is 11.3 Å². The molecule has 0 radical (unpaired) electrons. The molecule has 0 saturated carbocycles. The van der Waals surface area contributed by atoms with Gasteiger partial charge in [0.15, 0.2) is 17.1 Å². The second kappa shape index (κ2) is 7.03. The normalized spacial score (nSPS) is 14.5. The molecule has 0 bridgehead atoms. The molecule has 29 heavy (non-hydrogen) atoms. The number of carbonyl (C=O) groups excluding carboxylic acids is 1. The maximum atomic E-state index is 12.6. The molecule has 1 fully saturated rings. The smallest absolute Gasteiger partial charge is 0.257 e. The molecule has 148 valence electrons. The Bertz CT molecular complexity index is 1160. The number of para-hydroxylation sites is 2. The highest BCUT2D eigenvalue weighted by Crippen LogP contribution is 2.25. The van der Waals surface area contributed by atoms with Crippen molar-refractivity contribution in [2.75, 3.05) is 30.8 Å². The Morgan fingerprint density at radius 1 is 1.24 bits per heavy atom. The Morgan fingerprint density at radius 3 is 2.90 bits per heavy atom. The topological polar surface area (TPSA) is 92.7 Å². The summed E-state index contributed by atoms with van der Waals surface area (Å²) in [6.07, 6.45) is 0. The number of benzene rings is 1. The molecule has 4 aromatic rings. The third-order valence-electron chi connectivity index (χ3n) is 5.13. The number of likely N-dealkylation sites (N-methyl/N-ethyl adjacent to an activating group) is 1. The first-order valence-electron chi connectivity index (χ1n) is 9.26. The van der Waals surface area contributed by atoms with Crippen molar-refractivity contribution in [2.45, 2.75) is 18.2 Å². The minimum absolute atomic E-state index is 0.0555. The van der Waals surface area contributed by atoms with Crippen LogP contribution < -0.4 is 4.90 Å². The summed E-state index contributed by atoms with van der Waals surface area (Å²) >= 11 is 1.32. The number of hydrogen-bond acceptors (Lipinski definition) is 8. The van der Waals surface area contributed by atoms with Gasteiger partial charge in [0, 0.05) is 20.1 Å². The number of fused-ring (bicyclic) bond motifs is 2. The third kappa shape index (κ3) is 3.29. The van der Waals surface area contributed by atoms with Crippen LogP contribution in [0.2, 0.25) is 0 Å². The highest BCUT2D eigenvalue weighted by molar-refractivity contribution is 7.99. The minimum Gasteiger partial charge on any atom is -0.431 e. The average Bonchev–Trinajstić information content (AvgIpc) is 3.28. The van der Waals surface area contributed by atoms with Gasteiger partial charge in [0.2, 0.25) is 5.91 Å². The van der Waals surface area contributed by atoms with Crippen LogP contribution in [0.15, 0.2) is 46.0 Å². The van der Waals surface area contributed by atoms with Gasteiger partial charge in [0.05, 0.1) is 11.8 Å². The number of thioether (sulfide) groups is 1. The van der Waals surface area contributed by atoms with Crippen molar-refractivity contribution in [1.29, 1.82) is 0 Å². The lowest BCUT2D eigenvalue weighted by Gasteiger charge is -2.44. The van der Waals surface area contributed by atoms with Crippen LogP contribution in [0.25, 0.3) is 16.7 Å². The first-order chi connectivity index (χ1) is 14.1. The van der Waals surface area contributed by atoms with E-state index >= 15 is 0 Å². The Balaban J connectivity index is 1.17. The summed E-state index contributed by atoms with van der Waals surface area (Å²) in [5.41, 5.74) is 2.27. The van der Waals surface area contributed by atoms with Crippen LogP contribution in [0.1, 0.15) is 5.82 Å². The molecule has 0 spiro atoms. The van der Waals surface area contributed by atoms with Crippen molar-refractivity contribution in [3.63, 3.8) is 0 Å². The standard InChI is InChI=1S/C19H19N7O2S/c1-12-21-22-16-7-8-17(23-26(12)16)25-9-13(10-25)24(2)18(27)11-29-19-20-14-5-3-4-6-15(14)28-19/h3-8,13H,9-11H2,1-2H3. The predicted octanol–water partition coefficient (Wildman–Crippen LogP) is 2.01. The molecule has 3 aromatic heterocycles. The quantitative estimate of drug-likeness (QED) is 0.462. The lowest BCUT2D eigenvalue weighted by atomic mass is 10.1. The third-order valence-corrected chi connectivity index (χ3v) is 5.94. The summed E-state index contributed by atoms with van der Waals surface area (Å²) in [5.74, 6) is 1.96. The van der Waals surface area contributed by atoms with E-state index in [1.54, 1.807) is 9.42 Å². The summed E-state index contributed by atoms with van der Waals surface area (Å²) in [6, 6.07) is 11.6. The van der Waals surface area contributed by atoms with E-state index in [4.69, 9.17) is 4.42 Å². The molecule has 0 N–H and O–H groups in total. The molecule has 10 heteroatoms. The highest BCUT2D eigenvalue weighted by Gasteiger charge is 2.33. The van der Waals surface area contributed by atoms with Gasteiger partial charge in [-0.05, 0) is 31.2 Å². The van der Waals surface area contributed by atoms with E-state index in [1.165, 1.54) is 11.8 Å². The molecule has 1 aliphatic rings. The van der Waals surface area contributed by atoms with E-state index in [1.807, 2.05) is 50.4 Å². The fourth-order valence-electron chi connectivity index (χ4n) is 3.28. The number of rotatable bonds is 5. The molecule has 4 heterocycles. The van der Waals surface area contributed by atoms with Gasteiger partial charge in [-0.15, -0.1) is 15.3 Å². The van der Waals surface area contributed by atoms with E-state index in [2.05, 4.69) is 25.2 Å². The molecule has 1 saturated heterocycles. The fraction of sp³-hybridized carbons (Fsp3) is 0.316. The zero-order valence-electron chi connectivity index (χ0n) is 16.0. The molecule has 9 nitrogen and oxygen atoms in total. The highest BCUT2D eigenvalue weighted by atomic mass is 32.2. The van der Waals surface area contributed by atoms with Gasteiger partial charge in [-0.1, -0.05) is 23.9 Å². The van der Waals surface area contributed by atoms with Crippen LogP contribution in [0.3, 0.4) is 0 Å². The van der Waals surface area contributed by atoms with Crippen LogP contribution in [0.5, 0.6) is 0 Å². The maximum Gasteiger partial charge on any atom is 0.257 e. The van der Waals surface area contributed by atoms with E-state index in [0.717, 1.165) is 41.5 Å². The molecule has 1 aromatic carbocycles. The number of aromatic nitrogens is 5. The van der Waals surface area contributed by atoms with Gasteiger partial charge in [-0.3, -0.25) is 4.79 Å². The van der Waals surface area contributed by atoms with Gasteiger partial charge in [0.25, 0.3) is 5.22 Å². The zero-order chi connectivity index (χ0) is 20.0. The number of nitrogens with zero attached hydrogens (tertiary/aromatic N) is 7. The summed E-state index contributed by atoms with van der Waals surface area (Å²) in [7, 11) is 1.84. The van der Waals surface area contributed by atoms with Crippen molar-refractivity contribution < 1.29 is 9.21 Å². The molecular weight excluding hydrogens is 390 g/mol. The second-order valence-corrected chi connectivity index (χ2v) is 7.93. The Kier molecular flexibility index (Phi) is 4.35. The number of anilines is 1. The Morgan fingerprint density at radius 2 is 2.07 bits per heavy atom. The Labute approximate surface area is 170 Å². The molecule has 1 aliphatic heterocycles. The van der Waals surface area contributed by atoms with E-state index in [0.29, 0.717) is 11.0 Å². The van der Waals surface area contributed by atoms with Crippen molar-refractivity contribution in [3.8, 4) is 0 Å². The van der Waals surface area contributed by atoms with Gasteiger partial charge >= 0.3 is 0 Å². The summed E-state index contributed by atoms with van der Waals surface area (Å²) < 4.78 is 7.39. The largest absolute Gasteiger partial charge is 0.431 e. The van der Waals surface area contributed by atoms with Gasteiger partial charge in [-0.25, -0.2) is 4.98 Å². The van der Waals surface area contributed by atoms with Crippen molar-refractivity contribution in [1.82, 2.24) is 29.7 Å². The summed E-state index contributed by atoms with van der Waals surface area (Å²) in [5, 5.41) is 13.2. The molecule has 0 aliphatic carbocycles. The predicted molar refractivity (Wildman–Crippen MR) is 109 cm³/mol. The Hall–Kier alpha value is -3.14. The molecule has 1 amide bonds. The fourth-order valence-corrected chi connectivity index (χ4v) is 4.05. The SMILES string of the molecule is Cc1nnc2ccc(N3CC(N(C)C(=O)CSc4nc5ccccc5o4)C3)nn12. The number of oxazole rings is 1. The monoisotopic (exact) mass is 409 g/mol. The number of amides is 1. The van der Waals surface area contributed by atoms with Gasteiger partial charge in [-0.2, -0.15) is 4.52 Å². The number of hydrogen-bond donors (Lipinski definition) is 0. The first-order valence-corrected chi connectivity index (χ1v) is 10.2. The van der Waals surface area contributed by atoms with Crippen LogP contribution in [0.4, 0.5) is 5.82 Å². The van der Waals surface area contributed by atoms with Gasteiger partial charge < -0.3 is 14.2 Å². The van der Waals surface area contributed by atoms with Crippen LogP contribution >= 0.6 is 11.8 Å². The van der Waals surface area contributed by atoms with E-state index in [9.17, 15) is 4.79 Å². The molecule has 0 atom stereocenters. The molecular formula is C19H19N7O2S. The van der Waals surface area contributed by atoms with Crippen molar-refractivity contribution in [2.24, 2.45) is 0 Å². The van der Waals surface area contributed by atoms with Crippen LogP contribution in [0, 0.1) is 6.92 Å². The minimum atomic E-state index is 0.0555. The second-order valence-electron chi connectivity index (χ2n) is 7.01.